The van der Waals surface area contributed by atoms with Crippen molar-refractivity contribution in [3.05, 3.63) is 23.8 Å². The summed E-state index contributed by atoms with van der Waals surface area (Å²) in [7, 11) is 1.69. The van der Waals surface area contributed by atoms with Gasteiger partial charge in [-0.15, -0.1) is 0 Å². The average molecular weight is 322 g/mol. The molecule has 0 radical (unpaired) electrons. The monoisotopic (exact) mass is 322 g/mol. The Labute approximate surface area is 136 Å². The first-order valence-corrected chi connectivity index (χ1v) is 8.01. The van der Waals surface area contributed by atoms with Crippen LogP contribution in [0.15, 0.2) is 18.2 Å². The van der Waals surface area contributed by atoms with Gasteiger partial charge in [0.2, 0.25) is 0 Å². The number of fused-ring (bicyclic) bond motifs is 4. The van der Waals surface area contributed by atoms with Crippen LogP contribution in [0.3, 0.4) is 0 Å². The molecule has 1 aromatic carbocycles. The number of nitrogens with one attached hydrogen (secondary N) is 1. The van der Waals surface area contributed by atoms with Gasteiger partial charge in [-0.1, -0.05) is 12.1 Å². The Morgan fingerprint density at radius 1 is 1.50 bits per heavy atom. The van der Waals surface area contributed by atoms with Crippen LogP contribution in [0.5, 0.6) is 11.5 Å². The van der Waals surface area contributed by atoms with E-state index in [9.17, 15) is 0 Å². The van der Waals surface area contributed by atoms with E-state index in [1.807, 2.05) is 19.1 Å². The number of thiocarbonyl (C=S) groups is 1. The van der Waals surface area contributed by atoms with Crippen LogP contribution in [0.1, 0.15) is 31.9 Å². The molecule has 2 aliphatic heterocycles. The van der Waals surface area contributed by atoms with E-state index in [0.29, 0.717) is 24.9 Å². The van der Waals surface area contributed by atoms with Crippen LogP contribution in [-0.4, -0.2) is 42.6 Å². The molecule has 2 heterocycles. The number of hydrogen-bond acceptors (Lipinski definition) is 4. The third-order valence-electron chi connectivity index (χ3n) is 4.22. The molecule has 2 atom stereocenters. The fourth-order valence-electron chi connectivity index (χ4n) is 3.19. The zero-order chi connectivity index (χ0) is 15.7. The van der Waals surface area contributed by atoms with E-state index in [2.05, 4.69) is 23.2 Å². The number of rotatable bonds is 5. The molecule has 0 amide bonds. The van der Waals surface area contributed by atoms with Gasteiger partial charge in [0.1, 0.15) is 0 Å². The molecule has 2 aliphatic rings. The van der Waals surface area contributed by atoms with Crippen molar-refractivity contribution >= 4 is 17.3 Å². The Balaban J connectivity index is 1.97. The van der Waals surface area contributed by atoms with Crippen molar-refractivity contribution in [2.45, 2.75) is 32.0 Å². The first kappa shape index (κ1) is 15.4. The molecule has 3 rings (SSSR count). The van der Waals surface area contributed by atoms with Crippen molar-refractivity contribution in [2.75, 3.05) is 26.9 Å². The molecular weight excluding hydrogens is 300 g/mol. The number of nitrogens with zero attached hydrogens (tertiary/aromatic N) is 1. The molecule has 120 valence electrons. The minimum atomic E-state index is -0.480. The largest absolute Gasteiger partial charge is 0.490 e. The molecule has 1 fully saturated rings. The van der Waals surface area contributed by atoms with Crippen LogP contribution in [0.25, 0.3) is 0 Å². The minimum absolute atomic E-state index is 0.153. The number of hydrogen-bond donors (Lipinski definition) is 1. The van der Waals surface area contributed by atoms with Crippen LogP contribution in [-0.2, 0) is 4.74 Å². The molecule has 6 heteroatoms. The van der Waals surface area contributed by atoms with E-state index < -0.39 is 5.72 Å². The maximum atomic E-state index is 6.37. The fourth-order valence-corrected chi connectivity index (χ4v) is 3.62. The first-order valence-electron chi connectivity index (χ1n) is 7.61. The van der Waals surface area contributed by atoms with Gasteiger partial charge in [0.15, 0.2) is 22.3 Å². The predicted molar refractivity (Wildman–Crippen MR) is 88.3 cm³/mol. The normalized spacial score (nSPS) is 26.0. The van der Waals surface area contributed by atoms with Crippen molar-refractivity contribution in [3.63, 3.8) is 0 Å². The molecular formula is C16H22N2O3S. The minimum Gasteiger partial charge on any atom is -0.490 e. The topological polar surface area (TPSA) is 43.0 Å². The maximum Gasteiger partial charge on any atom is 0.184 e. The highest BCUT2D eigenvalue weighted by atomic mass is 32.1. The Morgan fingerprint density at radius 2 is 2.32 bits per heavy atom. The van der Waals surface area contributed by atoms with Crippen molar-refractivity contribution < 1.29 is 14.2 Å². The number of methoxy groups -OCH3 is 1. The SMILES string of the molecule is CCOc1cccc2c1OC1(C)CC2NC(=S)N1CCOC. The molecule has 1 saturated heterocycles. The molecule has 0 spiro atoms. The lowest BCUT2D eigenvalue weighted by Gasteiger charge is -2.52. The maximum absolute atomic E-state index is 6.37. The third kappa shape index (κ3) is 2.50. The lowest BCUT2D eigenvalue weighted by atomic mass is 9.90. The van der Waals surface area contributed by atoms with Gasteiger partial charge >= 0.3 is 0 Å². The number of ether oxygens (including phenoxy) is 3. The van der Waals surface area contributed by atoms with E-state index in [1.165, 1.54) is 0 Å². The quantitative estimate of drug-likeness (QED) is 0.840. The van der Waals surface area contributed by atoms with Crippen molar-refractivity contribution in [1.29, 1.82) is 0 Å². The first-order chi connectivity index (χ1) is 10.6. The van der Waals surface area contributed by atoms with Gasteiger partial charge in [-0.2, -0.15) is 0 Å². The smallest absolute Gasteiger partial charge is 0.184 e. The van der Waals surface area contributed by atoms with Crippen molar-refractivity contribution in [3.8, 4) is 11.5 Å². The molecule has 0 aliphatic carbocycles. The highest BCUT2D eigenvalue weighted by Gasteiger charge is 2.48. The van der Waals surface area contributed by atoms with Crippen LogP contribution < -0.4 is 14.8 Å². The molecule has 0 aromatic heterocycles. The third-order valence-corrected chi connectivity index (χ3v) is 4.56. The summed E-state index contributed by atoms with van der Waals surface area (Å²) in [5.74, 6) is 1.61. The number of para-hydroxylation sites is 1. The Hall–Kier alpha value is -1.53. The van der Waals surface area contributed by atoms with Crippen LogP contribution in [0, 0.1) is 0 Å². The zero-order valence-electron chi connectivity index (χ0n) is 13.2. The molecule has 2 unspecified atom stereocenters. The van der Waals surface area contributed by atoms with Gasteiger partial charge in [-0.25, -0.2) is 0 Å². The molecule has 1 aromatic rings. The van der Waals surface area contributed by atoms with E-state index in [1.54, 1.807) is 7.11 Å². The lowest BCUT2D eigenvalue weighted by Crippen LogP contribution is -2.65. The zero-order valence-corrected chi connectivity index (χ0v) is 14.0. The van der Waals surface area contributed by atoms with Crippen LogP contribution in [0.2, 0.25) is 0 Å². The summed E-state index contributed by atoms with van der Waals surface area (Å²) < 4.78 is 17.3. The second-order valence-electron chi connectivity index (χ2n) is 5.74. The summed E-state index contributed by atoms with van der Waals surface area (Å²) in [5.41, 5.74) is 0.628. The van der Waals surface area contributed by atoms with Crippen LogP contribution >= 0.6 is 12.2 Å². The second kappa shape index (κ2) is 5.93. The highest BCUT2D eigenvalue weighted by Crippen LogP contribution is 2.47. The summed E-state index contributed by atoms with van der Waals surface area (Å²) in [6.45, 7) is 5.96. The summed E-state index contributed by atoms with van der Waals surface area (Å²) in [4.78, 5) is 2.06. The van der Waals surface area contributed by atoms with Crippen molar-refractivity contribution in [2.24, 2.45) is 0 Å². The van der Waals surface area contributed by atoms with E-state index in [0.717, 1.165) is 23.5 Å². The molecule has 2 bridgehead atoms. The number of benzene rings is 1. The molecule has 0 saturated carbocycles. The summed E-state index contributed by atoms with van der Waals surface area (Å²) in [6.07, 6.45) is 0.833. The standard InChI is InChI=1S/C16H22N2O3S/c1-4-20-13-7-5-6-11-12-10-16(2,21-14(11)13)18(8-9-19-3)15(22)17-12/h5-7,12H,4,8-10H2,1-3H3,(H,17,22). The molecule has 1 N–H and O–H groups in total. The Kier molecular flexibility index (Phi) is 4.14. The lowest BCUT2D eigenvalue weighted by molar-refractivity contribution is -0.0755. The van der Waals surface area contributed by atoms with Gasteiger partial charge in [0.05, 0.1) is 19.3 Å². The van der Waals surface area contributed by atoms with Gasteiger partial charge in [0, 0.05) is 25.6 Å². The van der Waals surface area contributed by atoms with E-state index >= 15 is 0 Å². The molecule has 5 nitrogen and oxygen atoms in total. The van der Waals surface area contributed by atoms with Gasteiger partial charge in [-0.05, 0) is 32.1 Å². The summed E-state index contributed by atoms with van der Waals surface area (Å²) >= 11 is 5.53. The highest BCUT2D eigenvalue weighted by molar-refractivity contribution is 7.80. The van der Waals surface area contributed by atoms with Gasteiger partial charge in [0.25, 0.3) is 0 Å². The van der Waals surface area contributed by atoms with Crippen LogP contribution in [0.4, 0.5) is 0 Å². The van der Waals surface area contributed by atoms with Gasteiger partial charge in [-0.3, -0.25) is 0 Å². The fraction of sp³-hybridized carbons (Fsp3) is 0.562. The molecule has 22 heavy (non-hydrogen) atoms. The van der Waals surface area contributed by atoms with E-state index in [4.69, 9.17) is 26.4 Å². The van der Waals surface area contributed by atoms with E-state index in [-0.39, 0.29) is 6.04 Å². The Bertz CT molecular complexity index is 581. The van der Waals surface area contributed by atoms with Crippen molar-refractivity contribution in [1.82, 2.24) is 10.2 Å². The summed E-state index contributed by atoms with van der Waals surface area (Å²) in [5, 5.41) is 4.14. The van der Waals surface area contributed by atoms with Gasteiger partial charge < -0.3 is 24.4 Å². The second-order valence-corrected chi connectivity index (χ2v) is 6.12. The predicted octanol–water partition coefficient (Wildman–Crippen LogP) is 2.46. The Morgan fingerprint density at radius 3 is 3.05 bits per heavy atom. The average Bonchev–Trinajstić information content (AvgIpc) is 2.48. The summed E-state index contributed by atoms with van der Waals surface area (Å²) in [6, 6.07) is 6.17.